The van der Waals surface area contributed by atoms with Crippen LogP contribution in [0.4, 0.5) is 0 Å². The van der Waals surface area contributed by atoms with E-state index in [1.807, 2.05) is 0 Å². The lowest BCUT2D eigenvalue weighted by atomic mass is 9.97. The van der Waals surface area contributed by atoms with Gasteiger partial charge in [0, 0.05) is 32.7 Å². The molecule has 1 saturated heterocycles. The molecule has 0 aliphatic carbocycles. The van der Waals surface area contributed by atoms with Gasteiger partial charge in [-0.2, -0.15) is 0 Å². The molecule has 0 radical (unpaired) electrons. The zero-order valence-electron chi connectivity index (χ0n) is 12.0. The van der Waals surface area contributed by atoms with E-state index >= 15 is 0 Å². The summed E-state index contributed by atoms with van der Waals surface area (Å²) in [5.74, 6) is 1.05. The van der Waals surface area contributed by atoms with Crippen LogP contribution in [0.1, 0.15) is 22.3 Å². The van der Waals surface area contributed by atoms with Gasteiger partial charge in [0.2, 0.25) is 0 Å². The lowest BCUT2D eigenvalue weighted by Crippen LogP contribution is -2.43. The monoisotopic (exact) mass is 248 g/mol. The largest absolute Gasteiger partial charge is 0.496 e. The van der Waals surface area contributed by atoms with Crippen molar-refractivity contribution in [1.29, 1.82) is 0 Å². The fraction of sp³-hybridized carbons (Fsp3) is 0.600. The maximum atomic E-state index is 5.53. The minimum atomic E-state index is 1.04. The molecule has 0 saturated carbocycles. The van der Waals surface area contributed by atoms with E-state index < -0.39 is 0 Å². The van der Waals surface area contributed by atoms with Crippen molar-refractivity contribution in [3.8, 4) is 5.75 Å². The molecule has 2 rings (SSSR count). The molecule has 1 aliphatic heterocycles. The van der Waals surface area contributed by atoms with Crippen molar-refractivity contribution in [1.82, 2.24) is 10.2 Å². The van der Waals surface area contributed by atoms with Crippen molar-refractivity contribution in [3.63, 3.8) is 0 Å². The summed E-state index contributed by atoms with van der Waals surface area (Å²) in [5, 5.41) is 3.40. The predicted molar refractivity (Wildman–Crippen MR) is 75.4 cm³/mol. The number of rotatable bonds is 3. The molecule has 0 bridgehead atoms. The number of aryl methyl sites for hydroxylation is 2. The standard InChI is InChI=1S/C15H24N2O/c1-11-9-12(2)15(18-4)13(3)14(11)10-17-7-5-16-6-8-17/h9,16H,5-8,10H2,1-4H3. The average molecular weight is 248 g/mol. The molecule has 3 nitrogen and oxygen atoms in total. The number of piperazine rings is 1. The molecular weight excluding hydrogens is 224 g/mol. The number of methoxy groups -OCH3 is 1. The molecule has 1 N–H and O–H groups in total. The Morgan fingerprint density at radius 3 is 2.44 bits per heavy atom. The van der Waals surface area contributed by atoms with Crippen LogP contribution in [0.2, 0.25) is 0 Å². The Kier molecular flexibility index (Phi) is 4.25. The van der Waals surface area contributed by atoms with Crippen LogP contribution in [-0.2, 0) is 6.54 Å². The van der Waals surface area contributed by atoms with E-state index in [4.69, 9.17) is 4.74 Å². The first kappa shape index (κ1) is 13.4. The highest BCUT2D eigenvalue weighted by molar-refractivity contribution is 5.49. The van der Waals surface area contributed by atoms with Crippen LogP contribution < -0.4 is 10.1 Å². The van der Waals surface area contributed by atoms with Crippen molar-refractivity contribution in [2.24, 2.45) is 0 Å². The van der Waals surface area contributed by atoms with Crippen molar-refractivity contribution in [3.05, 3.63) is 28.3 Å². The molecule has 18 heavy (non-hydrogen) atoms. The molecule has 0 amide bonds. The van der Waals surface area contributed by atoms with Crippen LogP contribution >= 0.6 is 0 Å². The van der Waals surface area contributed by atoms with Gasteiger partial charge in [0.05, 0.1) is 7.11 Å². The van der Waals surface area contributed by atoms with E-state index in [9.17, 15) is 0 Å². The predicted octanol–water partition coefficient (Wildman–Crippen LogP) is 2.03. The number of nitrogens with one attached hydrogen (secondary N) is 1. The molecule has 100 valence electrons. The van der Waals surface area contributed by atoms with Gasteiger partial charge in [0.25, 0.3) is 0 Å². The van der Waals surface area contributed by atoms with Gasteiger partial charge in [-0.05, 0) is 43.0 Å². The van der Waals surface area contributed by atoms with Gasteiger partial charge in [-0.25, -0.2) is 0 Å². The van der Waals surface area contributed by atoms with Crippen LogP contribution in [0.25, 0.3) is 0 Å². The van der Waals surface area contributed by atoms with Crippen LogP contribution in [0, 0.1) is 20.8 Å². The molecule has 0 spiro atoms. The Morgan fingerprint density at radius 2 is 1.83 bits per heavy atom. The van der Waals surface area contributed by atoms with Gasteiger partial charge >= 0.3 is 0 Å². The first-order valence-electron chi connectivity index (χ1n) is 6.70. The highest BCUT2D eigenvalue weighted by Crippen LogP contribution is 2.29. The lowest BCUT2D eigenvalue weighted by Gasteiger charge is -2.29. The van der Waals surface area contributed by atoms with E-state index in [0.717, 1.165) is 38.5 Å². The summed E-state index contributed by atoms with van der Waals surface area (Å²) in [6, 6.07) is 2.24. The third-order valence-corrected chi connectivity index (χ3v) is 3.86. The molecule has 1 aromatic carbocycles. The average Bonchev–Trinajstić information content (AvgIpc) is 2.36. The van der Waals surface area contributed by atoms with E-state index in [1.165, 1.54) is 22.3 Å². The minimum absolute atomic E-state index is 1.04. The quantitative estimate of drug-likeness (QED) is 0.886. The Balaban J connectivity index is 2.26. The topological polar surface area (TPSA) is 24.5 Å². The summed E-state index contributed by atoms with van der Waals surface area (Å²) in [7, 11) is 1.76. The van der Waals surface area contributed by atoms with E-state index in [1.54, 1.807) is 7.11 Å². The van der Waals surface area contributed by atoms with Crippen LogP contribution in [0.3, 0.4) is 0 Å². The fourth-order valence-corrected chi connectivity index (χ4v) is 2.86. The Morgan fingerprint density at radius 1 is 1.17 bits per heavy atom. The Bertz CT molecular complexity index is 423. The van der Waals surface area contributed by atoms with Crippen molar-refractivity contribution >= 4 is 0 Å². The highest BCUT2D eigenvalue weighted by atomic mass is 16.5. The maximum Gasteiger partial charge on any atom is 0.125 e. The number of hydrogen-bond donors (Lipinski definition) is 1. The summed E-state index contributed by atoms with van der Waals surface area (Å²) >= 11 is 0. The zero-order valence-corrected chi connectivity index (χ0v) is 12.0. The highest BCUT2D eigenvalue weighted by Gasteiger charge is 2.16. The minimum Gasteiger partial charge on any atom is -0.496 e. The summed E-state index contributed by atoms with van der Waals surface area (Å²) in [5.41, 5.74) is 5.34. The second-order valence-electron chi connectivity index (χ2n) is 5.17. The molecule has 1 aliphatic rings. The molecule has 0 aromatic heterocycles. The van der Waals surface area contributed by atoms with E-state index in [2.05, 4.69) is 37.1 Å². The normalized spacial score (nSPS) is 16.9. The van der Waals surface area contributed by atoms with Crippen molar-refractivity contribution in [2.75, 3.05) is 33.3 Å². The molecule has 1 heterocycles. The zero-order chi connectivity index (χ0) is 13.1. The summed E-state index contributed by atoms with van der Waals surface area (Å²) in [4.78, 5) is 2.51. The summed E-state index contributed by atoms with van der Waals surface area (Å²) < 4.78 is 5.53. The van der Waals surface area contributed by atoms with Gasteiger partial charge < -0.3 is 10.1 Å². The smallest absolute Gasteiger partial charge is 0.125 e. The first-order valence-corrected chi connectivity index (χ1v) is 6.70. The van der Waals surface area contributed by atoms with Crippen molar-refractivity contribution in [2.45, 2.75) is 27.3 Å². The van der Waals surface area contributed by atoms with E-state index in [-0.39, 0.29) is 0 Å². The van der Waals surface area contributed by atoms with Gasteiger partial charge in [0.1, 0.15) is 5.75 Å². The number of ether oxygens (including phenoxy) is 1. The van der Waals surface area contributed by atoms with Gasteiger partial charge in [0.15, 0.2) is 0 Å². The van der Waals surface area contributed by atoms with E-state index in [0.29, 0.717) is 0 Å². The summed E-state index contributed by atoms with van der Waals surface area (Å²) in [6.45, 7) is 12.0. The molecule has 0 atom stereocenters. The van der Waals surface area contributed by atoms with Crippen LogP contribution in [0.5, 0.6) is 5.75 Å². The third-order valence-electron chi connectivity index (χ3n) is 3.86. The van der Waals surface area contributed by atoms with Gasteiger partial charge in [-0.15, -0.1) is 0 Å². The molecule has 3 heteroatoms. The summed E-state index contributed by atoms with van der Waals surface area (Å²) in [6.07, 6.45) is 0. The fourth-order valence-electron chi connectivity index (χ4n) is 2.86. The lowest BCUT2D eigenvalue weighted by molar-refractivity contribution is 0.232. The third kappa shape index (κ3) is 2.68. The molecule has 0 unspecified atom stereocenters. The van der Waals surface area contributed by atoms with Gasteiger partial charge in [-0.3, -0.25) is 4.90 Å². The Labute approximate surface area is 110 Å². The molecule has 1 fully saturated rings. The van der Waals surface area contributed by atoms with Gasteiger partial charge in [-0.1, -0.05) is 6.07 Å². The Hall–Kier alpha value is -1.06. The number of nitrogens with zero attached hydrogens (tertiary/aromatic N) is 1. The number of benzene rings is 1. The molecular formula is C15H24N2O. The SMILES string of the molecule is COc1c(C)cc(C)c(CN2CCNCC2)c1C. The second-order valence-corrected chi connectivity index (χ2v) is 5.17. The molecule has 1 aromatic rings. The second kappa shape index (κ2) is 5.72. The van der Waals surface area contributed by atoms with Crippen molar-refractivity contribution < 1.29 is 4.74 Å². The van der Waals surface area contributed by atoms with Crippen LogP contribution in [-0.4, -0.2) is 38.2 Å². The van der Waals surface area contributed by atoms with Crippen LogP contribution in [0.15, 0.2) is 6.07 Å². The number of hydrogen-bond acceptors (Lipinski definition) is 3. The first-order chi connectivity index (χ1) is 8.63. The maximum absolute atomic E-state index is 5.53.